The average Bonchev–Trinajstić information content (AvgIpc) is 2.81. The fourth-order valence-electron chi connectivity index (χ4n) is 1.87. The standard InChI is InChI=1S/C14H8ClNO3/c15-8-5-6-12-11(7-8)16-13(19-12)9-3-1-2-4-10(9)14(17)18/h1-7H,(H,17,18). The van der Waals surface area contributed by atoms with E-state index in [0.29, 0.717) is 21.7 Å². The number of rotatable bonds is 2. The first-order valence-corrected chi connectivity index (χ1v) is 5.92. The van der Waals surface area contributed by atoms with E-state index in [1.165, 1.54) is 6.07 Å². The van der Waals surface area contributed by atoms with Crippen LogP contribution in [0.25, 0.3) is 22.6 Å². The topological polar surface area (TPSA) is 63.3 Å². The molecule has 0 bridgehead atoms. The second-order valence-electron chi connectivity index (χ2n) is 3.98. The molecule has 0 aliphatic heterocycles. The molecular weight excluding hydrogens is 266 g/mol. The number of nitrogens with zero attached hydrogens (tertiary/aromatic N) is 1. The van der Waals surface area contributed by atoms with E-state index in [0.717, 1.165) is 0 Å². The molecule has 5 heteroatoms. The Morgan fingerprint density at radius 3 is 2.79 bits per heavy atom. The Balaban J connectivity index is 2.22. The van der Waals surface area contributed by atoms with E-state index in [4.69, 9.17) is 21.1 Å². The zero-order valence-electron chi connectivity index (χ0n) is 9.63. The smallest absolute Gasteiger partial charge is 0.336 e. The molecular formula is C14H8ClNO3. The summed E-state index contributed by atoms with van der Waals surface area (Å²) in [5.74, 6) is -0.744. The Labute approximate surface area is 113 Å². The number of carboxylic acids is 1. The fraction of sp³-hybridized carbons (Fsp3) is 0. The van der Waals surface area contributed by atoms with Crippen molar-refractivity contribution in [2.75, 3.05) is 0 Å². The van der Waals surface area contributed by atoms with Crippen LogP contribution in [0.3, 0.4) is 0 Å². The number of hydrogen-bond donors (Lipinski definition) is 1. The van der Waals surface area contributed by atoms with Crippen molar-refractivity contribution < 1.29 is 14.3 Å². The van der Waals surface area contributed by atoms with Gasteiger partial charge in [0.2, 0.25) is 5.89 Å². The summed E-state index contributed by atoms with van der Waals surface area (Å²) in [4.78, 5) is 15.4. The lowest BCUT2D eigenvalue weighted by atomic mass is 10.1. The molecule has 1 N–H and O–H groups in total. The quantitative estimate of drug-likeness (QED) is 0.770. The van der Waals surface area contributed by atoms with Crippen molar-refractivity contribution >= 4 is 28.7 Å². The van der Waals surface area contributed by atoms with Crippen LogP contribution in [-0.4, -0.2) is 16.1 Å². The summed E-state index contributed by atoms with van der Waals surface area (Å²) in [5, 5.41) is 9.71. The van der Waals surface area contributed by atoms with Gasteiger partial charge in [0.1, 0.15) is 5.52 Å². The van der Waals surface area contributed by atoms with Crippen molar-refractivity contribution in [1.82, 2.24) is 4.98 Å². The molecule has 0 aliphatic carbocycles. The van der Waals surface area contributed by atoms with E-state index in [9.17, 15) is 4.79 Å². The zero-order valence-corrected chi connectivity index (χ0v) is 10.4. The maximum absolute atomic E-state index is 11.2. The molecule has 0 unspecified atom stereocenters. The molecule has 2 aromatic carbocycles. The molecule has 0 spiro atoms. The van der Waals surface area contributed by atoms with Crippen LogP contribution in [0.5, 0.6) is 0 Å². The number of benzene rings is 2. The summed E-state index contributed by atoms with van der Waals surface area (Å²) in [6.45, 7) is 0. The van der Waals surface area contributed by atoms with Gasteiger partial charge in [0.05, 0.1) is 11.1 Å². The summed E-state index contributed by atoms with van der Waals surface area (Å²) in [5.41, 5.74) is 1.77. The van der Waals surface area contributed by atoms with Crippen LogP contribution < -0.4 is 0 Å². The molecule has 3 rings (SSSR count). The first-order chi connectivity index (χ1) is 9.15. The fourth-order valence-corrected chi connectivity index (χ4v) is 2.04. The largest absolute Gasteiger partial charge is 0.478 e. The Kier molecular flexibility index (Phi) is 2.72. The molecule has 0 amide bonds. The minimum Gasteiger partial charge on any atom is -0.478 e. The van der Waals surface area contributed by atoms with E-state index in [1.807, 2.05) is 0 Å². The third kappa shape index (κ3) is 2.06. The highest BCUT2D eigenvalue weighted by molar-refractivity contribution is 6.31. The lowest BCUT2D eigenvalue weighted by molar-refractivity contribution is 0.0697. The van der Waals surface area contributed by atoms with Crippen molar-refractivity contribution in [2.45, 2.75) is 0 Å². The Morgan fingerprint density at radius 2 is 2.00 bits per heavy atom. The SMILES string of the molecule is O=C(O)c1ccccc1-c1nc2cc(Cl)ccc2o1. The molecule has 1 aromatic heterocycles. The van der Waals surface area contributed by atoms with Gasteiger partial charge in [0, 0.05) is 5.02 Å². The van der Waals surface area contributed by atoms with Gasteiger partial charge in [-0.25, -0.2) is 9.78 Å². The third-order valence-corrected chi connectivity index (χ3v) is 2.97. The van der Waals surface area contributed by atoms with Gasteiger partial charge in [-0.3, -0.25) is 0 Å². The molecule has 3 aromatic rings. The Bertz CT molecular complexity index is 779. The van der Waals surface area contributed by atoms with Crippen molar-refractivity contribution in [2.24, 2.45) is 0 Å². The molecule has 0 aliphatic rings. The van der Waals surface area contributed by atoms with E-state index in [1.54, 1.807) is 36.4 Å². The number of fused-ring (bicyclic) bond motifs is 1. The first kappa shape index (κ1) is 11.7. The summed E-state index contributed by atoms with van der Waals surface area (Å²) in [6, 6.07) is 11.7. The van der Waals surface area contributed by atoms with Gasteiger partial charge in [-0.15, -0.1) is 0 Å². The van der Waals surface area contributed by atoms with E-state index in [2.05, 4.69) is 4.98 Å². The number of hydrogen-bond acceptors (Lipinski definition) is 3. The molecule has 0 saturated heterocycles. The van der Waals surface area contributed by atoms with Crippen LogP contribution in [0.2, 0.25) is 5.02 Å². The van der Waals surface area contributed by atoms with Crippen LogP contribution in [0.4, 0.5) is 0 Å². The van der Waals surface area contributed by atoms with E-state index < -0.39 is 5.97 Å². The van der Waals surface area contributed by atoms with Crippen molar-refractivity contribution in [1.29, 1.82) is 0 Å². The average molecular weight is 274 g/mol. The van der Waals surface area contributed by atoms with Gasteiger partial charge >= 0.3 is 5.97 Å². The van der Waals surface area contributed by atoms with Crippen molar-refractivity contribution in [3.8, 4) is 11.5 Å². The molecule has 4 nitrogen and oxygen atoms in total. The van der Waals surface area contributed by atoms with Crippen LogP contribution in [0, 0.1) is 0 Å². The van der Waals surface area contributed by atoms with Crippen LogP contribution in [0.15, 0.2) is 46.9 Å². The summed E-state index contributed by atoms with van der Waals surface area (Å²) in [6.07, 6.45) is 0. The van der Waals surface area contributed by atoms with Gasteiger partial charge < -0.3 is 9.52 Å². The minimum atomic E-state index is -1.02. The number of carboxylic acid groups (broad SMARTS) is 1. The number of carbonyl (C=O) groups is 1. The van der Waals surface area contributed by atoms with Crippen molar-refractivity contribution in [3.63, 3.8) is 0 Å². The normalized spacial score (nSPS) is 10.8. The zero-order chi connectivity index (χ0) is 13.4. The molecule has 0 fully saturated rings. The van der Waals surface area contributed by atoms with Gasteiger partial charge in [-0.2, -0.15) is 0 Å². The second-order valence-corrected chi connectivity index (χ2v) is 4.42. The molecule has 94 valence electrons. The lowest BCUT2D eigenvalue weighted by Crippen LogP contribution is -1.98. The lowest BCUT2D eigenvalue weighted by Gasteiger charge is -2.00. The van der Waals surface area contributed by atoms with Gasteiger partial charge in [0.15, 0.2) is 5.58 Å². The number of aromatic carboxylic acids is 1. The van der Waals surface area contributed by atoms with E-state index >= 15 is 0 Å². The molecule has 0 atom stereocenters. The van der Waals surface area contributed by atoms with Gasteiger partial charge in [-0.05, 0) is 30.3 Å². The predicted octanol–water partition coefficient (Wildman–Crippen LogP) is 3.85. The number of oxazole rings is 1. The first-order valence-electron chi connectivity index (χ1n) is 5.54. The highest BCUT2D eigenvalue weighted by atomic mass is 35.5. The monoisotopic (exact) mass is 273 g/mol. The summed E-state index contributed by atoms with van der Waals surface area (Å²) >= 11 is 5.88. The number of halogens is 1. The van der Waals surface area contributed by atoms with Gasteiger partial charge in [-0.1, -0.05) is 23.7 Å². The van der Waals surface area contributed by atoms with Gasteiger partial charge in [0.25, 0.3) is 0 Å². The molecule has 1 heterocycles. The molecule has 19 heavy (non-hydrogen) atoms. The third-order valence-electron chi connectivity index (χ3n) is 2.74. The van der Waals surface area contributed by atoms with Crippen LogP contribution in [0.1, 0.15) is 10.4 Å². The van der Waals surface area contributed by atoms with Crippen LogP contribution in [-0.2, 0) is 0 Å². The van der Waals surface area contributed by atoms with E-state index in [-0.39, 0.29) is 11.5 Å². The van der Waals surface area contributed by atoms with Crippen molar-refractivity contribution in [3.05, 3.63) is 53.1 Å². The highest BCUT2D eigenvalue weighted by Crippen LogP contribution is 2.28. The Morgan fingerprint density at radius 1 is 1.21 bits per heavy atom. The maximum Gasteiger partial charge on any atom is 0.336 e. The maximum atomic E-state index is 11.2. The number of aromatic nitrogens is 1. The summed E-state index contributed by atoms with van der Waals surface area (Å²) < 4.78 is 5.57. The minimum absolute atomic E-state index is 0.153. The van der Waals surface area contributed by atoms with Crippen LogP contribution >= 0.6 is 11.6 Å². The second kappa shape index (κ2) is 4.40. The predicted molar refractivity (Wildman–Crippen MR) is 71.4 cm³/mol. The Hall–Kier alpha value is -2.33. The molecule has 0 saturated carbocycles. The molecule has 0 radical (unpaired) electrons. The highest BCUT2D eigenvalue weighted by Gasteiger charge is 2.16. The summed E-state index contributed by atoms with van der Waals surface area (Å²) in [7, 11) is 0.